The quantitative estimate of drug-likeness (QED) is 0.502. The number of aromatic nitrogens is 1. The fourth-order valence-corrected chi connectivity index (χ4v) is 2.58. The van der Waals surface area contributed by atoms with Crippen LogP contribution in [0.5, 0.6) is 0 Å². The number of fused-ring (bicyclic) bond motifs is 2. The van der Waals surface area contributed by atoms with E-state index >= 15 is 0 Å². The van der Waals surface area contributed by atoms with E-state index in [0.717, 1.165) is 16.3 Å². The fraction of sp³-hybridized carbons (Fsp3) is 0. The van der Waals surface area contributed by atoms with E-state index in [0.29, 0.717) is 5.58 Å². The van der Waals surface area contributed by atoms with Crippen molar-refractivity contribution in [3.05, 3.63) is 35.2 Å². The molecule has 0 fully saturated rings. The van der Waals surface area contributed by atoms with Crippen molar-refractivity contribution in [3.8, 4) is 0 Å². The van der Waals surface area contributed by atoms with E-state index in [1.54, 1.807) is 12.1 Å². The Morgan fingerprint density at radius 1 is 1.06 bits per heavy atom. The molecule has 1 heterocycles. The molecule has 2 aromatic carbocycles. The van der Waals surface area contributed by atoms with Gasteiger partial charge >= 0.3 is 0 Å². The second-order valence-corrected chi connectivity index (χ2v) is 5.77. The van der Waals surface area contributed by atoms with Crippen molar-refractivity contribution < 1.29 is 18.1 Å². The van der Waals surface area contributed by atoms with Crippen LogP contribution >= 0.6 is 23.1 Å². The average Bonchev–Trinajstić information content (AvgIpc) is 2.62. The van der Waals surface area contributed by atoms with Gasteiger partial charge in [0.15, 0.2) is 5.58 Å². The number of oxazole rings is 1. The van der Waals surface area contributed by atoms with Crippen LogP contribution in [0.15, 0.2) is 39.6 Å². The lowest BCUT2D eigenvalue weighted by molar-refractivity contribution is 0.376. The maximum atomic E-state index is 9.21. The first-order valence-electron chi connectivity index (χ1n) is 5.01. The summed E-state index contributed by atoms with van der Waals surface area (Å²) in [5, 5.41) is 1.61. The summed E-state index contributed by atoms with van der Waals surface area (Å²) >= 11 is 4.90. The van der Waals surface area contributed by atoms with Crippen molar-refractivity contribution in [2.45, 2.75) is 4.90 Å². The van der Waals surface area contributed by atoms with Crippen LogP contribution in [-0.4, -0.2) is 18.6 Å². The molecule has 0 aliphatic heterocycles. The van der Waals surface area contributed by atoms with E-state index in [1.807, 2.05) is 6.07 Å². The van der Waals surface area contributed by atoms with Gasteiger partial charge in [0.1, 0.15) is 10.9 Å². The van der Waals surface area contributed by atoms with E-state index in [1.165, 1.54) is 12.1 Å². The summed E-state index contributed by atoms with van der Waals surface area (Å²) in [6, 6.07) is 8.24. The Bertz CT molecular complexity index is 800. The molecule has 0 aliphatic carbocycles. The summed E-state index contributed by atoms with van der Waals surface area (Å²) in [7, 11) is -3.70. The fourth-order valence-electron chi connectivity index (χ4n) is 1.84. The van der Waals surface area contributed by atoms with Gasteiger partial charge in [-0.15, -0.1) is 0 Å². The molecule has 0 aliphatic rings. The summed E-state index contributed by atoms with van der Waals surface area (Å²) in [6.07, 6.45) is 0. The summed E-state index contributed by atoms with van der Waals surface area (Å²) in [5.74, 6) is 0. The van der Waals surface area contributed by atoms with Gasteiger partial charge in [0.2, 0.25) is 0 Å². The molecular weight excluding hydrogens is 274 g/mol. The molecule has 7 heteroatoms. The van der Waals surface area contributed by atoms with Crippen molar-refractivity contribution in [1.29, 1.82) is 0 Å². The number of benzene rings is 2. The lowest BCUT2D eigenvalue weighted by Crippen LogP contribution is -1.95. The van der Waals surface area contributed by atoms with Gasteiger partial charge in [-0.05, 0) is 47.3 Å². The maximum absolute atomic E-state index is 9.21. The van der Waals surface area contributed by atoms with E-state index in [9.17, 15) is 13.7 Å². The highest BCUT2D eigenvalue weighted by atomic mass is 32.3. The van der Waals surface area contributed by atoms with Crippen molar-refractivity contribution in [3.63, 3.8) is 0 Å². The maximum Gasteiger partial charge on any atom is 0.266 e. The second kappa shape index (κ2) is 3.81. The summed E-state index contributed by atoms with van der Waals surface area (Å²) in [6.45, 7) is 0. The molecule has 0 spiro atoms. The highest BCUT2D eigenvalue weighted by Crippen LogP contribution is 2.44. The largest absolute Gasteiger partial charge is 0.429 e. The van der Waals surface area contributed by atoms with Crippen molar-refractivity contribution >= 4 is 45.0 Å². The van der Waals surface area contributed by atoms with Crippen molar-refractivity contribution in [2.24, 2.45) is 0 Å². The number of aromatic amines is 1. The molecule has 0 amide bonds. The van der Waals surface area contributed by atoms with Gasteiger partial charge in [-0.2, -0.15) is 0 Å². The molecule has 0 radical (unpaired) electrons. The Kier molecular flexibility index (Phi) is 2.47. The van der Waals surface area contributed by atoms with Crippen molar-refractivity contribution in [2.75, 3.05) is 0 Å². The number of hydrogen-bond acceptors (Lipinski definition) is 5. The Labute approximate surface area is 108 Å². The number of nitrogens with one attached hydrogen (secondary N) is 1. The van der Waals surface area contributed by atoms with Gasteiger partial charge < -0.3 is 23.1 Å². The third-order valence-electron chi connectivity index (χ3n) is 2.67. The molecule has 0 saturated carbocycles. The predicted octanol–water partition coefficient (Wildman–Crippen LogP) is 4.23. The van der Waals surface area contributed by atoms with Crippen LogP contribution in [0.25, 0.3) is 21.9 Å². The summed E-state index contributed by atoms with van der Waals surface area (Å²) in [4.78, 5) is 3.26. The predicted molar refractivity (Wildman–Crippen MR) is 72.6 cm³/mol. The first-order valence-corrected chi connectivity index (χ1v) is 6.92. The van der Waals surface area contributed by atoms with Gasteiger partial charge in [0.25, 0.3) is 4.84 Å². The Morgan fingerprint density at radius 3 is 2.56 bits per heavy atom. The van der Waals surface area contributed by atoms with Crippen LogP contribution in [0.3, 0.4) is 0 Å². The summed E-state index contributed by atoms with van der Waals surface area (Å²) < 4.78 is 32.9. The number of H-pyrrole nitrogens is 1. The standard InChI is InChI=1S/C11H9NO4S2/c13-18(14,15)8-2-1-6-4-9-10(5-7(6)3-8)16-11(17)12-9/h1-5,13-15H,(H,12,17). The van der Waals surface area contributed by atoms with E-state index in [4.69, 9.17) is 16.6 Å². The molecule has 4 N–H and O–H groups in total. The summed E-state index contributed by atoms with van der Waals surface area (Å²) in [5.41, 5.74) is 1.36. The Hall–Kier alpha value is -1.38. The van der Waals surface area contributed by atoms with Gasteiger partial charge in [-0.3, -0.25) is 0 Å². The van der Waals surface area contributed by atoms with Crippen LogP contribution in [0, 0.1) is 4.84 Å². The van der Waals surface area contributed by atoms with Gasteiger partial charge in [-0.25, -0.2) is 0 Å². The monoisotopic (exact) mass is 283 g/mol. The molecule has 0 atom stereocenters. The van der Waals surface area contributed by atoms with Crippen LogP contribution in [0.2, 0.25) is 0 Å². The smallest absolute Gasteiger partial charge is 0.266 e. The van der Waals surface area contributed by atoms with E-state index < -0.39 is 10.9 Å². The molecule has 18 heavy (non-hydrogen) atoms. The zero-order chi connectivity index (χ0) is 12.9. The topological polar surface area (TPSA) is 89.6 Å². The molecule has 0 bridgehead atoms. The highest BCUT2D eigenvalue weighted by Gasteiger charge is 2.15. The van der Waals surface area contributed by atoms with Gasteiger partial charge in [-0.1, -0.05) is 6.07 Å². The first kappa shape index (κ1) is 11.7. The third-order valence-corrected chi connectivity index (χ3v) is 3.74. The van der Waals surface area contributed by atoms with Crippen molar-refractivity contribution in [1.82, 2.24) is 4.98 Å². The number of hydrogen-bond donors (Lipinski definition) is 4. The second-order valence-electron chi connectivity index (χ2n) is 3.89. The lowest BCUT2D eigenvalue weighted by Gasteiger charge is -2.19. The average molecular weight is 283 g/mol. The molecule has 0 unspecified atom stereocenters. The minimum atomic E-state index is -3.70. The van der Waals surface area contributed by atoms with E-state index in [2.05, 4.69) is 4.98 Å². The Morgan fingerprint density at radius 2 is 1.83 bits per heavy atom. The Balaban J connectivity index is 2.33. The molecule has 3 aromatic rings. The van der Waals surface area contributed by atoms with Crippen LogP contribution in [0.1, 0.15) is 0 Å². The molecule has 94 valence electrons. The minimum Gasteiger partial charge on any atom is -0.429 e. The molecular formula is C11H9NO4S2. The zero-order valence-electron chi connectivity index (χ0n) is 8.95. The third kappa shape index (κ3) is 1.92. The highest BCUT2D eigenvalue weighted by molar-refractivity contribution is 8.19. The van der Waals surface area contributed by atoms with E-state index in [-0.39, 0.29) is 9.73 Å². The van der Waals surface area contributed by atoms with Gasteiger partial charge in [0, 0.05) is 0 Å². The molecule has 3 rings (SSSR count). The SMILES string of the molecule is OS(O)(O)c1ccc2cc3[nH]c(=S)oc3cc2c1. The molecule has 0 saturated heterocycles. The minimum absolute atomic E-state index is 0.0727. The zero-order valence-corrected chi connectivity index (χ0v) is 10.6. The molecule has 5 nitrogen and oxygen atoms in total. The first-order chi connectivity index (χ1) is 8.43. The number of rotatable bonds is 1. The van der Waals surface area contributed by atoms with Crippen LogP contribution in [-0.2, 0) is 0 Å². The van der Waals surface area contributed by atoms with Crippen LogP contribution < -0.4 is 0 Å². The molecule has 1 aromatic heterocycles. The normalized spacial score (nSPS) is 13.3. The van der Waals surface area contributed by atoms with Gasteiger partial charge in [0.05, 0.1) is 10.4 Å². The van der Waals surface area contributed by atoms with Crippen LogP contribution in [0.4, 0.5) is 0 Å². The lowest BCUT2D eigenvalue weighted by atomic mass is 10.1.